The molecule has 0 fully saturated rings. The standard InChI is InChI=1S/C50H30OSe/c1-2-14-31(15-3-1)45-33-16-4-8-20-37(33)47(38-21-9-5-17-34(38)45)41-24-12-26-43-49(41)50-42(25-13-27-44(50)52-43)48-39-22-10-6-18-35(39)46(32-28-29-51-30-32)36-19-7-11-23-40(36)48/h1-30H. The van der Waals surface area contributed by atoms with Gasteiger partial charge in [0.1, 0.15) is 0 Å². The molecule has 2 aromatic heterocycles. The van der Waals surface area contributed by atoms with Gasteiger partial charge in [0.2, 0.25) is 0 Å². The van der Waals surface area contributed by atoms with E-state index in [-0.39, 0.29) is 14.5 Å². The molecule has 11 aromatic rings. The first kappa shape index (κ1) is 29.5. The van der Waals surface area contributed by atoms with Crippen LogP contribution in [0.25, 0.3) is 107 Å². The summed E-state index contributed by atoms with van der Waals surface area (Å²) in [7, 11) is 0. The Labute approximate surface area is 306 Å². The molecule has 1 nitrogen and oxygen atoms in total. The fourth-order valence-corrected chi connectivity index (χ4v) is 11.2. The molecular formula is C50H30OSe. The third-order valence-corrected chi connectivity index (χ3v) is 13.1. The number of hydrogen-bond donors (Lipinski definition) is 0. The second kappa shape index (κ2) is 11.7. The molecule has 0 amide bonds. The van der Waals surface area contributed by atoms with Gasteiger partial charge in [-0.25, -0.2) is 0 Å². The van der Waals surface area contributed by atoms with Crippen molar-refractivity contribution in [2.75, 3.05) is 0 Å². The summed E-state index contributed by atoms with van der Waals surface area (Å²) < 4.78 is 8.51. The van der Waals surface area contributed by atoms with E-state index in [0.717, 1.165) is 5.56 Å². The van der Waals surface area contributed by atoms with Crippen molar-refractivity contribution < 1.29 is 4.42 Å². The Bertz CT molecular complexity index is 3050. The molecule has 0 aliphatic rings. The van der Waals surface area contributed by atoms with Gasteiger partial charge in [-0.2, -0.15) is 0 Å². The average molecular weight is 726 g/mol. The minimum atomic E-state index is 0.175. The van der Waals surface area contributed by atoms with E-state index >= 15 is 0 Å². The van der Waals surface area contributed by atoms with Crippen molar-refractivity contribution in [3.63, 3.8) is 0 Å². The fraction of sp³-hybridized carbons (Fsp3) is 0. The van der Waals surface area contributed by atoms with Crippen molar-refractivity contribution >= 4 is 76.9 Å². The molecule has 0 N–H and O–H groups in total. The first-order chi connectivity index (χ1) is 25.8. The van der Waals surface area contributed by atoms with E-state index < -0.39 is 0 Å². The van der Waals surface area contributed by atoms with Crippen LogP contribution < -0.4 is 0 Å². The zero-order valence-corrected chi connectivity index (χ0v) is 29.9. The van der Waals surface area contributed by atoms with Crippen LogP contribution in [-0.2, 0) is 0 Å². The minimum absolute atomic E-state index is 0.175. The SMILES string of the molecule is c1ccc(-c2c3ccccc3c(-c3cccc4[se]c5cccc(-c6c7ccccc7c(-c7ccoc7)c7ccccc67)c5c34)c3ccccc23)cc1. The van der Waals surface area contributed by atoms with Gasteiger partial charge in [0, 0.05) is 0 Å². The number of fused-ring (bicyclic) bond motifs is 7. The van der Waals surface area contributed by atoms with E-state index in [1.165, 1.54) is 101 Å². The van der Waals surface area contributed by atoms with Crippen molar-refractivity contribution in [2.45, 2.75) is 0 Å². The molecule has 0 spiro atoms. The van der Waals surface area contributed by atoms with Crippen LogP contribution in [0, 0.1) is 0 Å². The summed E-state index contributed by atoms with van der Waals surface area (Å²) >= 11 is 0.175. The van der Waals surface area contributed by atoms with Crippen LogP contribution in [0.2, 0.25) is 0 Å². The fourth-order valence-electron chi connectivity index (χ4n) is 8.75. The van der Waals surface area contributed by atoms with Crippen LogP contribution in [-0.4, -0.2) is 14.5 Å². The number of benzene rings is 9. The van der Waals surface area contributed by atoms with Crippen LogP contribution >= 0.6 is 0 Å². The van der Waals surface area contributed by atoms with Gasteiger partial charge >= 0.3 is 308 Å². The van der Waals surface area contributed by atoms with E-state index in [2.05, 4.69) is 170 Å². The topological polar surface area (TPSA) is 13.1 Å². The molecule has 2 heteroatoms. The Kier molecular flexibility index (Phi) is 6.64. The van der Waals surface area contributed by atoms with Crippen LogP contribution in [0.5, 0.6) is 0 Å². The zero-order chi connectivity index (χ0) is 34.2. The summed E-state index contributed by atoms with van der Waals surface area (Å²) in [6.45, 7) is 0. The Balaban J connectivity index is 1.30. The molecule has 2 heterocycles. The monoisotopic (exact) mass is 726 g/mol. The predicted octanol–water partition coefficient (Wildman–Crippen LogP) is 13.9. The van der Waals surface area contributed by atoms with Gasteiger partial charge in [-0.05, 0) is 0 Å². The summed E-state index contributed by atoms with van der Waals surface area (Å²) in [5.74, 6) is 0. The first-order valence-corrected chi connectivity index (χ1v) is 19.5. The van der Waals surface area contributed by atoms with E-state index in [1.54, 1.807) is 6.26 Å². The zero-order valence-electron chi connectivity index (χ0n) is 28.1. The molecule has 0 saturated heterocycles. The van der Waals surface area contributed by atoms with Crippen molar-refractivity contribution in [1.29, 1.82) is 0 Å². The molecule has 0 radical (unpaired) electrons. The van der Waals surface area contributed by atoms with Crippen molar-refractivity contribution in [3.8, 4) is 44.5 Å². The van der Waals surface area contributed by atoms with Gasteiger partial charge in [0.25, 0.3) is 0 Å². The third kappa shape index (κ3) is 4.29. The van der Waals surface area contributed by atoms with Gasteiger partial charge in [0.05, 0.1) is 0 Å². The van der Waals surface area contributed by atoms with Crippen LogP contribution in [0.1, 0.15) is 0 Å². The summed E-state index contributed by atoms with van der Waals surface area (Å²) in [4.78, 5) is 0. The van der Waals surface area contributed by atoms with Gasteiger partial charge in [-0.3, -0.25) is 0 Å². The summed E-state index contributed by atoms with van der Waals surface area (Å²) in [5, 5.41) is 12.9. The van der Waals surface area contributed by atoms with Crippen LogP contribution in [0.15, 0.2) is 187 Å². The molecule has 0 unspecified atom stereocenters. The maximum atomic E-state index is 5.63. The Morgan fingerprint density at radius 1 is 0.308 bits per heavy atom. The van der Waals surface area contributed by atoms with Crippen LogP contribution in [0.4, 0.5) is 0 Å². The predicted molar refractivity (Wildman–Crippen MR) is 222 cm³/mol. The van der Waals surface area contributed by atoms with Crippen molar-refractivity contribution in [1.82, 2.24) is 0 Å². The second-order valence-corrected chi connectivity index (χ2v) is 15.8. The van der Waals surface area contributed by atoms with Crippen molar-refractivity contribution in [3.05, 3.63) is 182 Å². The van der Waals surface area contributed by atoms with Crippen LogP contribution in [0.3, 0.4) is 0 Å². The van der Waals surface area contributed by atoms with Crippen molar-refractivity contribution in [2.24, 2.45) is 0 Å². The van der Waals surface area contributed by atoms with E-state index in [0.29, 0.717) is 0 Å². The van der Waals surface area contributed by atoms with E-state index in [1.807, 2.05) is 6.26 Å². The van der Waals surface area contributed by atoms with Gasteiger partial charge in [-0.15, -0.1) is 0 Å². The Morgan fingerprint density at radius 3 is 1.10 bits per heavy atom. The Hall–Kier alpha value is -6.18. The molecule has 52 heavy (non-hydrogen) atoms. The average Bonchev–Trinajstić information content (AvgIpc) is 3.88. The summed E-state index contributed by atoms with van der Waals surface area (Å²) in [6.07, 6.45) is 3.65. The second-order valence-electron chi connectivity index (χ2n) is 13.5. The quantitative estimate of drug-likeness (QED) is 0.130. The number of rotatable bonds is 4. The number of furan rings is 1. The molecule has 0 bridgehead atoms. The summed E-state index contributed by atoms with van der Waals surface area (Å²) in [5.41, 5.74) is 10.1. The van der Waals surface area contributed by atoms with E-state index in [9.17, 15) is 0 Å². The first-order valence-electron chi connectivity index (χ1n) is 17.7. The molecule has 242 valence electrons. The third-order valence-electron chi connectivity index (χ3n) is 10.8. The molecule has 0 atom stereocenters. The molecule has 0 aliphatic heterocycles. The van der Waals surface area contributed by atoms with Gasteiger partial charge in [0.15, 0.2) is 0 Å². The van der Waals surface area contributed by atoms with Gasteiger partial charge < -0.3 is 0 Å². The molecule has 11 rings (SSSR count). The molecular weight excluding hydrogens is 696 g/mol. The molecule has 0 saturated carbocycles. The molecule has 9 aromatic carbocycles. The van der Waals surface area contributed by atoms with Gasteiger partial charge in [-0.1, -0.05) is 0 Å². The van der Waals surface area contributed by atoms with E-state index in [4.69, 9.17) is 4.42 Å². The Morgan fingerprint density at radius 2 is 0.692 bits per heavy atom. The summed E-state index contributed by atoms with van der Waals surface area (Å²) in [6, 6.07) is 62.8. The maximum absolute atomic E-state index is 5.63. The number of hydrogen-bond acceptors (Lipinski definition) is 1. The molecule has 0 aliphatic carbocycles. The normalized spacial score (nSPS) is 11.8.